The first-order valence-electron chi connectivity index (χ1n) is 7.41. The summed E-state index contributed by atoms with van der Waals surface area (Å²) in [6.07, 6.45) is 3.17. The van der Waals surface area contributed by atoms with Crippen LogP contribution in [0.15, 0.2) is 35.7 Å². The highest BCUT2D eigenvalue weighted by Crippen LogP contribution is 2.30. The molecule has 20 heavy (non-hydrogen) atoms. The molecule has 0 saturated carbocycles. The van der Waals surface area contributed by atoms with E-state index in [1.165, 1.54) is 23.2 Å². The van der Waals surface area contributed by atoms with Gasteiger partial charge in [-0.2, -0.15) is 0 Å². The molecule has 1 aliphatic rings. The van der Waals surface area contributed by atoms with Crippen LogP contribution in [0.1, 0.15) is 29.3 Å². The van der Waals surface area contributed by atoms with E-state index in [0.717, 1.165) is 25.9 Å². The smallest absolute Gasteiger partial charge is 0.0440 e. The Bertz CT molecular complexity index is 576. The Balaban J connectivity index is 1.84. The van der Waals surface area contributed by atoms with E-state index < -0.39 is 0 Å². The van der Waals surface area contributed by atoms with Gasteiger partial charge in [-0.1, -0.05) is 25.1 Å². The Morgan fingerprint density at radius 2 is 2.15 bits per heavy atom. The average molecular weight is 286 g/mol. The predicted molar refractivity (Wildman–Crippen MR) is 87.5 cm³/mol. The van der Waals surface area contributed by atoms with E-state index >= 15 is 0 Å². The maximum absolute atomic E-state index is 6.15. The number of fused-ring (bicyclic) bond motifs is 1. The zero-order chi connectivity index (χ0) is 13.9. The number of hydrogen-bond acceptors (Lipinski definition) is 3. The fourth-order valence-electron chi connectivity index (χ4n) is 2.87. The van der Waals surface area contributed by atoms with Gasteiger partial charge in [0.25, 0.3) is 0 Å². The van der Waals surface area contributed by atoms with Gasteiger partial charge in [0, 0.05) is 29.7 Å². The highest BCUT2D eigenvalue weighted by atomic mass is 32.1. The molecule has 0 amide bonds. The number of para-hydroxylation sites is 1. The van der Waals surface area contributed by atoms with Crippen molar-refractivity contribution in [1.82, 2.24) is 0 Å². The van der Waals surface area contributed by atoms with Crippen molar-refractivity contribution in [2.75, 3.05) is 11.4 Å². The minimum atomic E-state index is 0.262. The zero-order valence-corrected chi connectivity index (χ0v) is 12.8. The fourth-order valence-corrected chi connectivity index (χ4v) is 3.76. The van der Waals surface area contributed by atoms with Crippen LogP contribution in [-0.2, 0) is 19.4 Å². The van der Waals surface area contributed by atoms with Crippen LogP contribution in [0.4, 0.5) is 5.69 Å². The van der Waals surface area contributed by atoms with Gasteiger partial charge < -0.3 is 10.6 Å². The maximum atomic E-state index is 6.15. The molecule has 0 bridgehead atoms. The van der Waals surface area contributed by atoms with Gasteiger partial charge in [-0.25, -0.2) is 0 Å². The van der Waals surface area contributed by atoms with Gasteiger partial charge in [0.1, 0.15) is 0 Å². The predicted octanol–water partition coefficient (Wildman–Crippen LogP) is 3.59. The van der Waals surface area contributed by atoms with Crippen molar-refractivity contribution in [3.8, 4) is 0 Å². The molecule has 2 N–H and O–H groups in total. The molecule has 0 radical (unpaired) electrons. The zero-order valence-electron chi connectivity index (χ0n) is 12.0. The van der Waals surface area contributed by atoms with Gasteiger partial charge in [0.2, 0.25) is 0 Å². The van der Waals surface area contributed by atoms with E-state index in [2.05, 4.69) is 47.5 Å². The largest absolute Gasteiger partial charge is 0.367 e. The van der Waals surface area contributed by atoms with Crippen LogP contribution in [0.25, 0.3) is 0 Å². The number of thiophene rings is 1. The second kappa shape index (κ2) is 5.98. The molecule has 0 saturated heterocycles. The summed E-state index contributed by atoms with van der Waals surface area (Å²) in [6, 6.07) is 11.3. The summed E-state index contributed by atoms with van der Waals surface area (Å²) in [5.74, 6) is 0. The van der Waals surface area contributed by atoms with Crippen LogP contribution in [0.5, 0.6) is 0 Å². The number of anilines is 1. The number of hydrogen-bond donors (Lipinski definition) is 1. The molecule has 2 aromatic rings. The van der Waals surface area contributed by atoms with Gasteiger partial charge in [0.15, 0.2) is 0 Å². The van der Waals surface area contributed by atoms with Crippen molar-refractivity contribution in [3.63, 3.8) is 0 Å². The van der Waals surface area contributed by atoms with Gasteiger partial charge in [0.05, 0.1) is 0 Å². The summed E-state index contributed by atoms with van der Waals surface area (Å²) < 4.78 is 0. The Labute approximate surface area is 125 Å². The number of nitrogens with two attached hydrogens (primary N) is 1. The molecule has 1 aromatic carbocycles. The van der Waals surface area contributed by atoms with E-state index in [9.17, 15) is 0 Å². The van der Waals surface area contributed by atoms with Crippen molar-refractivity contribution >= 4 is 17.0 Å². The first kappa shape index (κ1) is 13.7. The van der Waals surface area contributed by atoms with Crippen molar-refractivity contribution in [1.29, 1.82) is 0 Å². The lowest BCUT2D eigenvalue weighted by molar-refractivity contribution is 0.642. The van der Waals surface area contributed by atoms with E-state index in [-0.39, 0.29) is 6.04 Å². The second-order valence-electron chi connectivity index (χ2n) is 5.54. The molecule has 1 aromatic heterocycles. The number of rotatable bonds is 4. The lowest BCUT2D eigenvalue weighted by atomic mass is 10.0. The lowest BCUT2D eigenvalue weighted by Crippen LogP contribution is -2.31. The van der Waals surface area contributed by atoms with Crippen molar-refractivity contribution in [2.24, 2.45) is 5.73 Å². The Morgan fingerprint density at radius 3 is 3.00 bits per heavy atom. The Hall–Kier alpha value is -1.32. The molecular weight excluding hydrogens is 264 g/mol. The monoisotopic (exact) mass is 286 g/mol. The highest BCUT2D eigenvalue weighted by molar-refractivity contribution is 7.10. The summed E-state index contributed by atoms with van der Waals surface area (Å²) >= 11 is 1.89. The Kier molecular flexibility index (Phi) is 4.08. The van der Waals surface area contributed by atoms with E-state index in [1.807, 2.05) is 11.3 Å². The minimum Gasteiger partial charge on any atom is -0.367 e. The third kappa shape index (κ3) is 2.74. The summed E-state index contributed by atoms with van der Waals surface area (Å²) in [6.45, 7) is 4.31. The number of nitrogens with zero attached hydrogens (tertiary/aromatic N) is 1. The molecule has 2 heterocycles. The molecule has 1 aliphatic heterocycles. The highest BCUT2D eigenvalue weighted by Gasteiger charge is 2.19. The topological polar surface area (TPSA) is 29.3 Å². The molecule has 0 aliphatic carbocycles. The first-order valence-corrected chi connectivity index (χ1v) is 8.29. The van der Waals surface area contributed by atoms with Gasteiger partial charge in [-0.05, 0) is 47.9 Å². The van der Waals surface area contributed by atoms with E-state index in [4.69, 9.17) is 5.73 Å². The molecule has 0 fully saturated rings. The second-order valence-corrected chi connectivity index (χ2v) is 6.54. The van der Waals surface area contributed by atoms with Crippen molar-refractivity contribution < 1.29 is 0 Å². The SMILES string of the molecule is CCC(N)Cc1ccccc1N1CCc2sccc2C1. The van der Waals surface area contributed by atoms with Crippen LogP contribution < -0.4 is 10.6 Å². The first-order chi connectivity index (χ1) is 9.78. The van der Waals surface area contributed by atoms with Gasteiger partial charge >= 0.3 is 0 Å². The van der Waals surface area contributed by atoms with E-state index in [1.54, 1.807) is 4.88 Å². The normalized spacial score (nSPS) is 16.0. The summed E-state index contributed by atoms with van der Waals surface area (Å²) in [5, 5.41) is 2.22. The summed E-state index contributed by atoms with van der Waals surface area (Å²) in [7, 11) is 0. The molecule has 106 valence electrons. The van der Waals surface area contributed by atoms with Crippen molar-refractivity contribution in [3.05, 3.63) is 51.7 Å². The molecule has 3 heteroatoms. The molecule has 0 spiro atoms. The van der Waals surface area contributed by atoms with E-state index in [0.29, 0.717) is 0 Å². The molecule has 3 rings (SSSR count). The molecule has 2 nitrogen and oxygen atoms in total. The maximum Gasteiger partial charge on any atom is 0.0440 e. The van der Waals surface area contributed by atoms with Crippen LogP contribution in [0, 0.1) is 0 Å². The average Bonchev–Trinajstić information content (AvgIpc) is 2.95. The van der Waals surface area contributed by atoms with Gasteiger partial charge in [-0.3, -0.25) is 0 Å². The van der Waals surface area contributed by atoms with Crippen LogP contribution in [0.3, 0.4) is 0 Å². The summed E-state index contributed by atoms with van der Waals surface area (Å²) in [4.78, 5) is 4.07. The standard InChI is InChI=1S/C17H22N2S/c1-2-15(18)11-13-5-3-4-6-16(13)19-9-7-17-14(12-19)8-10-20-17/h3-6,8,10,15H,2,7,9,11-12,18H2,1H3. The quantitative estimate of drug-likeness (QED) is 0.930. The van der Waals surface area contributed by atoms with Crippen LogP contribution in [0.2, 0.25) is 0 Å². The lowest BCUT2D eigenvalue weighted by Gasteiger charge is -2.31. The van der Waals surface area contributed by atoms with Crippen molar-refractivity contribution in [2.45, 2.75) is 38.8 Å². The summed E-state index contributed by atoms with van der Waals surface area (Å²) in [5.41, 5.74) is 10.4. The third-order valence-corrected chi connectivity index (χ3v) is 5.17. The minimum absolute atomic E-state index is 0.262. The number of benzene rings is 1. The molecule has 1 atom stereocenters. The third-order valence-electron chi connectivity index (χ3n) is 4.15. The fraction of sp³-hybridized carbons (Fsp3) is 0.412. The van der Waals surface area contributed by atoms with Crippen LogP contribution >= 0.6 is 11.3 Å². The van der Waals surface area contributed by atoms with Gasteiger partial charge in [-0.15, -0.1) is 11.3 Å². The Morgan fingerprint density at radius 1 is 1.30 bits per heavy atom. The van der Waals surface area contributed by atoms with Crippen LogP contribution in [-0.4, -0.2) is 12.6 Å². The molecule has 1 unspecified atom stereocenters. The molecular formula is C17H22N2S.